The standard InChI is InChI=1S/C32H36O3/c1-32-17-16-27-26-15-13-25(34-20-22-8-4-2-5-9-22)18-24(26)12-14-28(27)29(32)19-30(31(32)33)35-21-23-10-6-3-7-11-23/h2-11,13,15,18,27-31,33H,12,14,16-17,19-21H2,1H3/t27?,28?,29?,30-,31+,32-/m0/s1. The molecule has 6 atom stereocenters. The van der Waals surface area contributed by atoms with E-state index >= 15 is 0 Å². The van der Waals surface area contributed by atoms with Crippen molar-refractivity contribution in [3.63, 3.8) is 0 Å². The van der Waals surface area contributed by atoms with Gasteiger partial charge in [-0.25, -0.2) is 0 Å². The first-order valence-electron chi connectivity index (χ1n) is 13.2. The number of aliphatic hydroxyl groups excluding tert-OH is 1. The van der Waals surface area contributed by atoms with Crippen LogP contribution in [0.2, 0.25) is 0 Å². The molecule has 1 N–H and O–H groups in total. The summed E-state index contributed by atoms with van der Waals surface area (Å²) in [6.07, 6.45) is 5.02. The van der Waals surface area contributed by atoms with Gasteiger partial charge in [0, 0.05) is 0 Å². The third-order valence-electron chi connectivity index (χ3n) is 9.20. The fourth-order valence-corrected chi connectivity index (χ4v) is 7.29. The maximum absolute atomic E-state index is 11.4. The van der Waals surface area contributed by atoms with Gasteiger partial charge in [0.1, 0.15) is 12.4 Å². The Labute approximate surface area is 209 Å². The zero-order valence-electron chi connectivity index (χ0n) is 20.6. The Hall–Kier alpha value is -2.62. The fourth-order valence-electron chi connectivity index (χ4n) is 7.29. The van der Waals surface area contributed by atoms with Gasteiger partial charge in [-0.1, -0.05) is 73.7 Å². The quantitative estimate of drug-likeness (QED) is 0.439. The van der Waals surface area contributed by atoms with E-state index in [2.05, 4.69) is 61.5 Å². The van der Waals surface area contributed by atoms with Crippen LogP contribution in [-0.4, -0.2) is 17.3 Å². The summed E-state index contributed by atoms with van der Waals surface area (Å²) in [7, 11) is 0. The first-order chi connectivity index (χ1) is 17.1. The molecule has 0 spiro atoms. The molecule has 3 aliphatic rings. The lowest BCUT2D eigenvalue weighted by Crippen LogP contribution is -2.45. The highest BCUT2D eigenvalue weighted by Gasteiger charge is 2.58. The van der Waals surface area contributed by atoms with E-state index in [9.17, 15) is 5.11 Å². The summed E-state index contributed by atoms with van der Waals surface area (Å²) in [4.78, 5) is 0. The number of hydrogen-bond donors (Lipinski definition) is 1. The minimum Gasteiger partial charge on any atom is -0.489 e. The van der Waals surface area contributed by atoms with Crippen LogP contribution in [-0.2, 0) is 24.4 Å². The highest BCUT2D eigenvalue weighted by molar-refractivity contribution is 5.41. The zero-order chi connectivity index (χ0) is 23.8. The molecule has 3 aromatic carbocycles. The lowest BCUT2D eigenvalue weighted by molar-refractivity contribution is -0.0764. The van der Waals surface area contributed by atoms with E-state index in [1.165, 1.54) is 28.7 Å². The number of ether oxygens (including phenoxy) is 2. The van der Waals surface area contributed by atoms with E-state index in [4.69, 9.17) is 9.47 Å². The highest BCUT2D eigenvalue weighted by Crippen LogP contribution is 2.61. The van der Waals surface area contributed by atoms with Crippen molar-refractivity contribution in [3.8, 4) is 5.75 Å². The van der Waals surface area contributed by atoms with Crippen LogP contribution in [0.5, 0.6) is 5.75 Å². The average Bonchev–Trinajstić information content (AvgIpc) is 3.17. The minimum absolute atomic E-state index is 0.0429. The normalized spacial score (nSPS) is 31.3. The van der Waals surface area contributed by atoms with Crippen LogP contribution < -0.4 is 4.74 Å². The van der Waals surface area contributed by atoms with E-state index < -0.39 is 0 Å². The van der Waals surface area contributed by atoms with Gasteiger partial charge in [-0.3, -0.25) is 0 Å². The predicted octanol–water partition coefficient (Wildman–Crippen LogP) is 6.68. The fraction of sp³-hybridized carbons (Fsp3) is 0.438. The predicted molar refractivity (Wildman–Crippen MR) is 138 cm³/mol. The van der Waals surface area contributed by atoms with E-state index in [1.54, 1.807) is 0 Å². The maximum atomic E-state index is 11.4. The van der Waals surface area contributed by atoms with E-state index in [1.807, 2.05) is 24.3 Å². The van der Waals surface area contributed by atoms with Gasteiger partial charge in [-0.05, 0) is 89.7 Å². The van der Waals surface area contributed by atoms with Crippen LogP contribution in [0.4, 0.5) is 0 Å². The van der Waals surface area contributed by atoms with Crippen molar-refractivity contribution in [2.24, 2.45) is 17.3 Å². The summed E-state index contributed by atoms with van der Waals surface area (Å²) in [5.74, 6) is 2.69. The minimum atomic E-state index is -0.382. The smallest absolute Gasteiger partial charge is 0.120 e. The monoisotopic (exact) mass is 468 g/mol. The summed E-state index contributed by atoms with van der Waals surface area (Å²) in [5, 5.41) is 11.4. The molecule has 3 aliphatic carbocycles. The molecule has 182 valence electrons. The second-order valence-corrected chi connectivity index (χ2v) is 11.1. The summed E-state index contributed by atoms with van der Waals surface area (Å²) < 4.78 is 12.4. The van der Waals surface area contributed by atoms with Crippen molar-refractivity contribution in [1.29, 1.82) is 0 Å². The summed E-state index contributed by atoms with van der Waals surface area (Å²) >= 11 is 0. The largest absolute Gasteiger partial charge is 0.489 e. The molecule has 2 saturated carbocycles. The molecule has 0 aromatic heterocycles. The lowest BCUT2D eigenvalue weighted by Gasteiger charge is -2.49. The van der Waals surface area contributed by atoms with Crippen molar-refractivity contribution in [1.82, 2.24) is 0 Å². The Morgan fingerprint density at radius 1 is 0.886 bits per heavy atom. The van der Waals surface area contributed by atoms with Gasteiger partial charge in [0.05, 0.1) is 18.8 Å². The number of rotatable bonds is 6. The molecule has 3 aromatic rings. The Bertz CT molecular complexity index is 1140. The molecule has 3 heteroatoms. The van der Waals surface area contributed by atoms with Crippen LogP contribution in [0.1, 0.15) is 60.8 Å². The van der Waals surface area contributed by atoms with E-state index in [0.717, 1.165) is 31.4 Å². The molecule has 3 unspecified atom stereocenters. The number of aryl methyl sites for hydroxylation is 1. The molecule has 35 heavy (non-hydrogen) atoms. The molecule has 3 nitrogen and oxygen atoms in total. The molecule has 0 heterocycles. The van der Waals surface area contributed by atoms with Crippen molar-refractivity contribution < 1.29 is 14.6 Å². The van der Waals surface area contributed by atoms with Crippen LogP contribution in [0.25, 0.3) is 0 Å². The molecule has 0 aliphatic heterocycles. The van der Waals surface area contributed by atoms with E-state index in [-0.39, 0.29) is 17.6 Å². The van der Waals surface area contributed by atoms with Crippen molar-refractivity contribution in [2.75, 3.05) is 0 Å². The van der Waals surface area contributed by atoms with Gasteiger partial charge in [-0.2, -0.15) is 0 Å². The summed E-state index contributed by atoms with van der Waals surface area (Å²) in [6, 6.07) is 27.4. The third-order valence-corrected chi connectivity index (χ3v) is 9.20. The molecule has 2 fully saturated rings. The number of hydrogen-bond acceptors (Lipinski definition) is 3. The van der Waals surface area contributed by atoms with E-state index in [0.29, 0.717) is 31.0 Å². The topological polar surface area (TPSA) is 38.7 Å². The Kier molecular flexibility index (Phi) is 6.16. The van der Waals surface area contributed by atoms with Crippen molar-refractivity contribution >= 4 is 0 Å². The van der Waals surface area contributed by atoms with Crippen molar-refractivity contribution in [2.45, 2.75) is 70.4 Å². The van der Waals surface area contributed by atoms with Gasteiger partial charge >= 0.3 is 0 Å². The SMILES string of the molecule is C[C@]12CCC3c4ccc(OCc5ccccc5)cc4CCC3C1C[C@H](OCc1ccccc1)[C@H]2O. The van der Waals surface area contributed by atoms with Crippen LogP contribution in [0.15, 0.2) is 78.9 Å². The molecule has 0 bridgehead atoms. The van der Waals surface area contributed by atoms with Gasteiger partial charge < -0.3 is 14.6 Å². The lowest BCUT2D eigenvalue weighted by atomic mass is 9.55. The third kappa shape index (κ3) is 4.30. The van der Waals surface area contributed by atoms with Crippen LogP contribution in [0.3, 0.4) is 0 Å². The molecule has 6 rings (SSSR count). The van der Waals surface area contributed by atoms with Gasteiger partial charge in [0.15, 0.2) is 0 Å². The zero-order valence-corrected chi connectivity index (χ0v) is 20.6. The number of benzene rings is 3. The first-order valence-corrected chi connectivity index (χ1v) is 13.2. The average molecular weight is 469 g/mol. The van der Waals surface area contributed by atoms with Gasteiger partial charge in [0.2, 0.25) is 0 Å². The first kappa shape index (κ1) is 22.8. The molecule has 0 saturated heterocycles. The second-order valence-electron chi connectivity index (χ2n) is 11.1. The highest BCUT2D eigenvalue weighted by atomic mass is 16.5. The maximum Gasteiger partial charge on any atom is 0.120 e. The van der Waals surface area contributed by atoms with Crippen molar-refractivity contribution in [3.05, 3.63) is 101 Å². The van der Waals surface area contributed by atoms with Crippen LogP contribution >= 0.6 is 0 Å². The Morgan fingerprint density at radius 3 is 2.34 bits per heavy atom. The molecule has 0 amide bonds. The number of fused-ring (bicyclic) bond motifs is 5. The molecule has 0 radical (unpaired) electrons. The van der Waals surface area contributed by atoms with Gasteiger partial charge in [-0.15, -0.1) is 0 Å². The van der Waals surface area contributed by atoms with Crippen LogP contribution in [0, 0.1) is 17.3 Å². The summed E-state index contributed by atoms with van der Waals surface area (Å²) in [5.41, 5.74) is 5.29. The second kappa shape index (κ2) is 9.44. The molecular weight excluding hydrogens is 432 g/mol. The number of aliphatic hydroxyl groups is 1. The molecular formula is C32H36O3. The van der Waals surface area contributed by atoms with Gasteiger partial charge in [0.25, 0.3) is 0 Å². The Balaban J connectivity index is 1.15. The summed E-state index contributed by atoms with van der Waals surface area (Å²) in [6.45, 7) is 3.50. The Morgan fingerprint density at radius 2 is 1.60 bits per heavy atom.